The number of carbonyl (C=O) groups is 2. The van der Waals surface area contributed by atoms with Crippen molar-refractivity contribution in [2.45, 2.75) is 26.7 Å². The van der Waals surface area contributed by atoms with Crippen LogP contribution in [0.1, 0.15) is 37.0 Å². The monoisotopic (exact) mass is 286 g/mol. The van der Waals surface area contributed by atoms with Crippen LogP contribution in [0.15, 0.2) is 53.3 Å². The molecule has 21 heavy (non-hydrogen) atoms. The van der Waals surface area contributed by atoms with E-state index in [1.54, 1.807) is 44.2 Å². The number of allylic oxidation sites excluding steroid dienone is 3. The summed E-state index contributed by atoms with van der Waals surface area (Å²) in [5, 5.41) is 18.9. The molecule has 0 radical (unpaired) electrons. The third-order valence-electron chi connectivity index (χ3n) is 3.73. The van der Waals surface area contributed by atoms with Gasteiger partial charge in [0.05, 0.1) is 11.8 Å². The summed E-state index contributed by atoms with van der Waals surface area (Å²) in [5.41, 5.74) is 0.696. The summed E-state index contributed by atoms with van der Waals surface area (Å²) in [7, 11) is 0. The van der Waals surface area contributed by atoms with Crippen LogP contribution in [0.5, 0.6) is 0 Å². The summed E-state index contributed by atoms with van der Waals surface area (Å²) in [6.07, 6.45) is 1.69. The van der Waals surface area contributed by atoms with Gasteiger partial charge in [-0.15, -0.1) is 0 Å². The molecule has 2 rings (SSSR count). The molecule has 0 fully saturated rings. The number of hydrogen-bond donors (Lipinski definition) is 2. The molecular formula is C17H18O4. The van der Waals surface area contributed by atoms with Gasteiger partial charge in [-0.25, -0.2) is 0 Å². The number of aliphatic hydroxyl groups is 1. The molecule has 1 aliphatic rings. The zero-order valence-electron chi connectivity index (χ0n) is 12.1. The highest BCUT2D eigenvalue weighted by Crippen LogP contribution is 2.40. The van der Waals surface area contributed by atoms with Gasteiger partial charge in [0.2, 0.25) is 0 Å². The Morgan fingerprint density at radius 2 is 1.86 bits per heavy atom. The van der Waals surface area contributed by atoms with Crippen molar-refractivity contribution >= 4 is 11.8 Å². The first-order valence-corrected chi connectivity index (χ1v) is 6.76. The van der Waals surface area contributed by atoms with Gasteiger partial charge in [0.25, 0.3) is 0 Å². The lowest BCUT2D eigenvalue weighted by Gasteiger charge is -2.30. The quantitative estimate of drug-likeness (QED) is 0.830. The van der Waals surface area contributed by atoms with Gasteiger partial charge < -0.3 is 10.2 Å². The maximum absolute atomic E-state index is 12.7. The summed E-state index contributed by atoms with van der Waals surface area (Å²) in [6.45, 7) is 3.50. The molecule has 0 heterocycles. The Kier molecular flexibility index (Phi) is 3.98. The molecule has 2 N–H and O–H groups in total. The van der Waals surface area contributed by atoms with Crippen LogP contribution in [0.4, 0.5) is 0 Å². The van der Waals surface area contributed by atoms with E-state index in [-0.39, 0.29) is 18.0 Å². The Hall–Kier alpha value is -2.36. The molecule has 0 amide bonds. The normalized spacial score (nSPS) is 21.9. The van der Waals surface area contributed by atoms with E-state index in [4.69, 9.17) is 5.11 Å². The second-order valence-corrected chi connectivity index (χ2v) is 5.66. The van der Waals surface area contributed by atoms with Gasteiger partial charge in [-0.05, 0) is 25.8 Å². The fourth-order valence-electron chi connectivity index (χ4n) is 2.78. The minimum Gasteiger partial charge on any atom is -0.508 e. The van der Waals surface area contributed by atoms with Crippen LogP contribution < -0.4 is 0 Å². The molecule has 1 aliphatic carbocycles. The molecule has 0 spiro atoms. The van der Waals surface area contributed by atoms with Crippen LogP contribution in [-0.4, -0.2) is 22.0 Å². The summed E-state index contributed by atoms with van der Waals surface area (Å²) >= 11 is 0. The van der Waals surface area contributed by atoms with E-state index in [0.29, 0.717) is 23.1 Å². The lowest BCUT2D eigenvalue weighted by atomic mass is 9.72. The van der Waals surface area contributed by atoms with Crippen LogP contribution in [0.3, 0.4) is 0 Å². The van der Waals surface area contributed by atoms with Gasteiger partial charge in [-0.2, -0.15) is 0 Å². The molecule has 4 nitrogen and oxygen atoms in total. The number of carboxylic acid groups (broad SMARTS) is 1. The molecule has 0 bridgehead atoms. The number of aliphatic hydroxyl groups excluding tert-OH is 1. The number of aliphatic carboxylic acids is 1. The molecule has 1 aromatic carbocycles. The second-order valence-electron chi connectivity index (χ2n) is 5.66. The summed E-state index contributed by atoms with van der Waals surface area (Å²) in [5.74, 6) is -1.11. The Labute approximate surface area is 123 Å². The molecule has 1 atom stereocenters. The lowest BCUT2D eigenvalue weighted by Crippen LogP contribution is -2.30. The van der Waals surface area contributed by atoms with Crippen LogP contribution in [0.25, 0.3) is 0 Å². The predicted octanol–water partition coefficient (Wildman–Crippen LogP) is 3.51. The molecule has 0 aromatic heterocycles. The first kappa shape index (κ1) is 15.0. The third-order valence-corrected chi connectivity index (χ3v) is 3.73. The standard InChI is InChI=1S/C17H18O4/c1-11-9-17(2,10-13(15(11)20)8-14(18)19)16(21)12-6-4-3-5-7-12/h3-7,10,20H,8-9H2,1-2H3,(H,18,19). The number of hydrogen-bond acceptors (Lipinski definition) is 3. The van der Waals surface area contributed by atoms with Gasteiger partial charge >= 0.3 is 5.97 Å². The molecule has 0 saturated carbocycles. The topological polar surface area (TPSA) is 74.6 Å². The van der Waals surface area contributed by atoms with E-state index in [1.165, 1.54) is 0 Å². The van der Waals surface area contributed by atoms with Crippen LogP contribution in [0, 0.1) is 5.41 Å². The molecule has 4 heteroatoms. The highest BCUT2D eigenvalue weighted by molar-refractivity contribution is 6.02. The summed E-state index contributed by atoms with van der Waals surface area (Å²) in [4.78, 5) is 23.6. The van der Waals surface area contributed by atoms with Crippen molar-refractivity contribution in [1.82, 2.24) is 0 Å². The maximum Gasteiger partial charge on any atom is 0.307 e. The molecule has 1 aromatic rings. The SMILES string of the molecule is CC1=C(O)C(CC(=O)O)=CC(C)(C(=O)c2ccccc2)C1. The fraction of sp³-hybridized carbons (Fsp3) is 0.294. The lowest BCUT2D eigenvalue weighted by molar-refractivity contribution is -0.136. The van der Waals surface area contributed by atoms with Crippen molar-refractivity contribution in [2.75, 3.05) is 0 Å². The Bertz CT molecular complexity index is 640. The van der Waals surface area contributed by atoms with E-state index in [2.05, 4.69) is 0 Å². The van der Waals surface area contributed by atoms with Gasteiger partial charge in [0.15, 0.2) is 5.78 Å². The fourth-order valence-corrected chi connectivity index (χ4v) is 2.78. The van der Waals surface area contributed by atoms with Crippen molar-refractivity contribution < 1.29 is 19.8 Å². The minimum atomic E-state index is -1.03. The zero-order chi connectivity index (χ0) is 15.6. The predicted molar refractivity (Wildman–Crippen MR) is 79.2 cm³/mol. The van der Waals surface area contributed by atoms with Crippen molar-refractivity contribution in [1.29, 1.82) is 0 Å². The average Bonchev–Trinajstić information content (AvgIpc) is 2.44. The number of rotatable bonds is 4. The summed E-state index contributed by atoms with van der Waals surface area (Å²) < 4.78 is 0. The number of Topliss-reactive ketones (excluding diaryl/α,β-unsaturated/α-hetero) is 1. The molecule has 0 saturated heterocycles. The average molecular weight is 286 g/mol. The third kappa shape index (κ3) is 3.05. The smallest absolute Gasteiger partial charge is 0.307 e. The largest absolute Gasteiger partial charge is 0.508 e. The van der Waals surface area contributed by atoms with Crippen LogP contribution >= 0.6 is 0 Å². The Morgan fingerprint density at radius 3 is 2.43 bits per heavy atom. The van der Waals surface area contributed by atoms with Crippen molar-refractivity contribution in [3.8, 4) is 0 Å². The van der Waals surface area contributed by atoms with Crippen LogP contribution in [-0.2, 0) is 4.79 Å². The number of carbonyl (C=O) groups excluding carboxylic acids is 1. The number of ketones is 1. The first-order valence-electron chi connectivity index (χ1n) is 6.76. The van der Waals surface area contributed by atoms with Crippen molar-refractivity contribution in [2.24, 2.45) is 5.41 Å². The van der Waals surface area contributed by atoms with Gasteiger partial charge in [0, 0.05) is 11.1 Å². The Balaban J connectivity index is 2.41. The second kappa shape index (κ2) is 5.56. The highest BCUT2D eigenvalue weighted by Gasteiger charge is 2.36. The zero-order valence-corrected chi connectivity index (χ0v) is 12.1. The van der Waals surface area contributed by atoms with Gasteiger partial charge in [-0.3, -0.25) is 9.59 Å². The highest BCUT2D eigenvalue weighted by atomic mass is 16.4. The van der Waals surface area contributed by atoms with E-state index < -0.39 is 11.4 Å². The van der Waals surface area contributed by atoms with Crippen LogP contribution in [0.2, 0.25) is 0 Å². The molecule has 0 aliphatic heterocycles. The van der Waals surface area contributed by atoms with E-state index in [1.807, 2.05) is 6.07 Å². The maximum atomic E-state index is 12.7. The van der Waals surface area contributed by atoms with E-state index in [9.17, 15) is 14.7 Å². The number of benzene rings is 1. The summed E-state index contributed by atoms with van der Waals surface area (Å²) in [6, 6.07) is 8.91. The van der Waals surface area contributed by atoms with E-state index in [0.717, 1.165) is 0 Å². The van der Waals surface area contributed by atoms with Crippen molar-refractivity contribution in [3.05, 3.63) is 58.9 Å². The number of carboxylic acids is 1. The van der Waals surface area contributed by atoms with Gasteiger partial charge in [-0.1, -0.05) is 36.4 Å². The minimum absolute atomic E-state index is 0.00395. The first-order chi connectivity index (χ1) is 9.83. The Morgan fingerprint density at radius 1 is 1.24 bits per heavy atom. The molecular weight excluding hydrogens is 268 g/mol. The molecule has 1 unspecified atom stereocenters. The van der Waals surface area contributed by atoms with Gasteiger partial charge in [0.1, 0.15) is 5.76 Å². The van der Waals surface area contributed by atoms with E-state index >= 15 is 0 Å². The molecule has 110 valence electrons. The van der Waals surface area contributed by atoms with Crippen molar-refractivity contribution in [3.63, 3.8) is 0 Å².